The van der Waals surface area contributed by atoms with Crippen LogP contribution in [0.4, 0.5) is 4.39 Å². The Balaban J connectivity index is 2.04. The predicted octanol–water partition coefficient (Wildman–Crippen LogP) is 0.762. The molecule has 21 heavy (non-hydrogen) atoms. The summed E-state index contributed by atoms with van der Waals surface area (Å²) in [6.45, 7) is 1.20. The quantitative estimate of drug-likeness (QED) is 0.815. The lowest BCUT2D eigenvalue weighted by molar-refractivity contribution is 0.0952. The molecule has 0 radical (unpaired) electrons. The molecule has 3 N–H and O–H groups in total. The molecule has 108 valence electrons. The number of amides is 1. The Labute approximate surface area is 122 Å². The van der Waals surface area contributed by atoms with Gasteiger partial charge < -0.3 is 15.6 Å². The standard InChI is InChI=1S/C15H15FN4O/c16-13-3-4-14(12(10-13)2-1-5-17)15(21)19-7-9-20-8-6-18-11-20/h3-4,6,8,10-11H,5,7,9,17H2,(H,19,21). The molecule has 1 aromatic heterocycles. The maximum atomic E-state index is 13.2. The van der Waals surface area contributed by atoms with Crippen LogP contribution in [0.3, 0.4) is 0 Å². The molecule has 1 heterocycles. The number of hydrogen-bond acceptors (Lipinski definition) is 3. The highest BCUT2D eigenvalue weighted by Gasteiger charge is 2.10. The highest BCUT2D eigenvalue weighted by molar-refractivity contribution is 5.96. The molecule has 0 aliphatic carbocycles. The number of nitrogens with one attached hydrogen (secondary N) is 1. The maximum absolute atomic E-state index is 13.2. The van der Waals surface area contributed by atoms with Crippen LogP contribution in [-0.4, -0.2) is 28.5 Å². The second kappa shape index (κ2) is 7.22. The summed E-state index contributed by atoms with van der Waals surface area (Å²) in [6, 6.07) is 3.88. The fourth-order valence-electron chi connectivity index (χ4n) is 1.78. The third kappa shape index (κ3) is 4.16. The van der Waals surface area contributed by atoms with Crippen LogP contribution in [0.5, 0.6) is 0 Å². The lowest BCUT2D eigenvalue weighted by atomic mass is 10.1. The van der Waals surface area contributed by atoms with Crippen molar-refractivity contribution in [2.75, 3.05) is 13.1 Å². The molecule has 0 bridgehead atoms. The van der Waals surface area contributed by atoms with Crippen LogP contribution in [0.2, 0.25) is 0 Å². The van der Waals surface area contributed by atoms with Gasteiger partial charge in [-0.2, -0.15) is 0 Å². The van der Waals surface area contributed by atoms with E-state index in [1.165, 1.54) is 18.2 Å². The van der Waals surface area contributed by atoms with E-state index in [1.807, 2.05) is 10.8 Å². The van der Waals surface area contributed by atoms with Crippen molar-refractivity contribution in [1.82, 2.24) is 14.9 Å². The van der Waals surface area contributed by atoms with E-state index in [-0.39, 0.29) is 12.5 Å². The summed E-state index contributed by atoms with van der Waals surface area (Å²) < 4.78 is 15.1. The minimum absolute atomic E-state index is 0.151. The summed E-state index contributed by atoms with van der Waals surface area (Å²) in [5, 5.41) is 2.76. The van der Waals surface area contributed by atoms with Crippen molar-refractivity contribution >= 4 is 5.91 Å². The normalized spacial score (nSPS) is 9.81. The molecule has 2 rings (SSSR count). The van der Waals surface area contributed by atoms with E-state index in [0.717, 1.165) is 0 Å². The monoisotopic (exact) mass is 286 g/mol. The summed E-state index contributed by atoms with van der Waals surface area (Å²) in [5.41, 5.74) is 5.97. The van der Waals surface area contributed by atoms with Gasteiger partial charge in [-0.3, -0.25) is 4.79 Å². The second-order valence-corrected chi connectivity index (χ2v) is 4.25. The Hall–Kier alpha value is -2.65. The Morgan fingerprint density at radius 3 is 3.05 bits per heavy atom. The number of benzene rings is 1. The zero-order valence-corrected chi connectivity index (χ0v) is 11.3. The third-order valence-corrected chi connectivity index (χ3v) is 2.77. The van der Waals surface area contributed by atoms with Gasteiger partial charge >= 0.3 is 0 Å². The first kappa shape index (κ1) is 14.8. The molecule has 5 nitrogen and oxygen atoms in total. The van der Waals surface area contributed by atoms with E-state index in [2.05, 4.69) is 22.1 Å². The number of nitrogens with zero attached hydrogens (tertiary/aromatic N) is 2. The molecule has 0 saturated heterocycles. The van der Waals surface area contributed by atoms with Crippen molar-refractivity contribution in [3.63, 3.8) is 0 Å². The smallest absolute Gasteiger partial charge is 0.252 e. The molecule has 0 aliphatic heterocycles. The van der Waals surface area contributed by atoms with Gasteiger partial charge in [-0.1, -0.05) is 11.8 Å². The van der Waals surface area contributed by atoms with E-state index >= 15 is 0 Å². The first-order valence-electron chi connectivity index (χ1n) is 6.43. The summed E-state index contributed by atoms with van der Waals surface area (Å²) in [6.07, 6.45) is 5.15. The van der Waals surface area contributed by atoms with Crippen molar-refractivity contribution in [3.05, 3.63) is 53.9 Å². The second-order valence-electron chi connectivity index (χ2n) is 4.25. The van der Waals surface area contributed by atoms with Crippen LogP contribution in [0.1, 0.15) is 15.9 Å². The van der Waals surface area contributed by atoms with Gasteiger partial charge in [-0.15, -0.1) is 0 Å². The fourth-order valence-corrected chi connectivity index (χ4v) is 1.78. The summed E-state index contributed by atoms with van der Waals surface area (Å²) >= 11 is 0. The molecule has 2 aromatic rings. The first-order valence-corrected chi connectivity index (χ1v) is 6.43. The summed E-state index contributed by atoms with van der Waals surface area (Å²) in [4.78, 5) is 16.0. The van der Waals surface area contributed by atoms with E-state index in [4.69, 9.17) is 5.73 Å². The molecule has 1 amide bonds. The number of halogens is 1. The molecule has 0 saturated carbocycles. The Bertz CT molecular complexity index is 671. The highest BCUT2D eigenvalue weighted by atomic mass is 19.1. The van der Waals surface area contributed by atoms with Crippen molar-refractivity contribution in [1.29, 1.82) is 0 Å². The van der Waals surface area contributed by atoms with Crippen LogP contribution in [0.15, 0.2) is 36.9 Å². The molecule has 0 fully saturated rings. The van der Waals surface area contributed by atoms with Gasteiger partial charge in [-0.25, -0.2) is 9.37 Å². The van der Waals surface area contributed by atoms with E-state index in [1.54, 1.807) is 12.5 Å². The summed E-state index contributed by atoms with van der Waals surface area (Å²) in [5.74, 6) is 4.60. The maximum Gasteiger partial charge on any atom is 0.252 e. The average molecular weight is 286 g/mol. The zero-order valence-electron chi connectivity index (χ0n) is 11.3. The molecule has 0 spiro atoms. The lowest BCUT2D eigenvalue weighted by Crippen LogP contribution is -2.27. The van der Waals surface area contributed by atoms with Crippen LogP contribution >= 0.6 is 0 Å². The van der Waals surface area contributed by atoms with Gasteiger partial charge in [0.05, 0.1) is 18.4 Å². The minimum Gasteiger partial charge on any atom is -0.350 e. The molecular formula is C15H15FN4O. The van der Waals surface area contributed by atoms with Crippen molar-refractivity contribution in [3.8, 4) is 11.8 Å². The van der Waals surface area contributed by atoms with Gasteiger partial charge in [-0.05, 0) is 18.2 Å². The van der Waals surface area contributed by atoms with Gasteiger partial charge in [0.2, 0.25) is 0 Å². The molecule has 0 atom stereocenters. The number of hydrogen-bond donors (Lipinski definition) is 2. The number of imidazole rings is 1. The molecule has 0 aliphatic rings. The Morgan fingerprint density at radius 2 is 2.33 bits per heavy atom. The topological polar surface area (TPSA) is 72.9 Å². The largest absolute Gasteiger partial charge is 0.350 e. The van der Waals surface area contributed by atoms with Gasteiger partial charge in [0.15, 0.2) is 0 Å². The Kier molecular flexibility index (Phi) is 5.07. The Morgan fingerprint density at radius 1 is 1.48 bits per heavy atom. The highest BCUT2D eigenvalue weighted by Crippen LogP contribution is 2.10. The first-order chi connectivity index (χ1) is 10.2. The fraction of sp³-hybridized carbons (Fsp3) is 0.200. The number of carbonyl (C=O) groups excluding carboxylic acids is 1. The van der Waals surface area contributed by atoms with Crippen molar-refractivity contribution in [2.45, 2.75) is 6.54 Å². The number of rotatable bonds is 4. The molecule has 0 unspecified atom stereocenters. The van der Waals surface area contributed by atoms with Crippen molar-refractivity contribution in [2.24, 2.45) is 5.73 Å². The van der Waals surface area contributed by atoms with E-state index in [0.29, 0.717) is 24.2 Å². The molecular weight excluding hydrogens is 271 g/mol. The van der Waals surface area contributed by atoms with Gasteiger partial charge in [0, 0.05) is 31.0 Å². The molecule has 6 heteroatoms. The number of carbonyl (C=O) groups is 1. The third-order valence-electron chi connectivity index (χ3n) is 2.77. The van der Waals surface area contributed by atoms with Crippen LogP contribution in [0, 0.1) is 17.7 Å². The predicted molar refractivity (Wildman–Crippen MR) is 76.9 cm³/mol. The number of nitrogens with two attached hydrogens (primary N) is 1. The van der Waals surface area contributed by atoms with Crippen molar-refractivity contribution < 1.29 is 9.18 Å². The lowest BCUT2D eigenvalue weighted by Gasteiger charge is -2.07. The molecule has 1 aromatic carbocycles. The summed E-state index contributed by atoms with van der Waals surface area (Å²) in [7, 11) is 0. The van der Waals surface area contributed by atoms with Gasteiger partial charge in [0.25, 0.3) is 5.91 Å². The van der Waals surface area contributed by atoms with Crippen LogP contribution in [-0.2, 0) is 6.54 Å². The van der Waals surface area contributed by atoms with E-state index < -0.39 is 5.82 Å². The van der Waals surface area contributed by atoms with Crippen LogP contribution in [0.25, 0.3) is 0 Å². The minimum atomic E-state index is -0.439. The van der Waals surface area contributed by atoms with E-state index in [9.17, 15) is 9.18 Å². The van der Waals surface area contributed by atoms with Crippen LogP contribution < -0.4 is 11.1 Å². The number of aromatic nitrogens is 2. The average Bonchev–Trinajstić information content (AvgIpc) is 2.98. The zero-order chi connectivity index (χ0) is 15.1. The SMILES string of the molecule is NCC#Cc1cc(F)ccc1C(=O)NCCn1ccnc1. The van der Waals surface area contributed by atoms with Gasteiger partial charge in [0.1, 0.15) is 5.82 Å².